The molecule has 6 nitrogen and oxygen atoms in total. The molecule has 6 heteroatoms. The monoisotopic (exact) mass is 281 g/mol. The predicted molar refractivity (Wildman–Crippen MR) is 69.9 cm³/mol. The summed E-state index contributed by atoms with van der Waals surface area (Å²) in [6.45, 7) is 1.87. The normalized spacial score (nSPS) is 15.7. The molecule has 1 N–H and O–H groups in total. The van der Waals surface area contributed by atoms with Crippen LogP contribution in [0.25, 0.3) is 5.70 Å². The number of hydrogen-bond acceptors (Lipinski definition) is 5. The Morgan fingerprint density at radius 1 is 1.19 bits per heavy atom. The van der Waals surface area contributed by atoms with Crippen molar-refractivity contribution < 1.29 is 19.2 Å². The van der Waals surface area contributed by atoms with E-state index in [1.54, 1.807) is 49.7 Å². The number of aliphatic hydroxyl groups is 1. The molecule has 21 heavy (non-hydrogen) atoms. The molecular weight excluding hydrogens is 270 g/mol. The summed E-state index contributed by atoms with van der Waals surface area (Å²) in [5, 5.41) is 28.4. The van der Waals surface area contributed by atoms with E-state index in [1.165, 1.54) is 4.57 Å². The summed E-state index contributed by atoms with van der Waals surface area (Å²) in [4.78, 5) is 12.3. The molecule has 0 spiro atoms. The van der Waals surface area contributed by atoms with Crippen LogP contribution in [0.2, 0.25) is 0 Å². The molecule has 0 bridgehead atoms. The van der Waals surface area contributed by atoms with E-state index in [0.29, 0.717) is 0 Å². The Hall–Kier alpha value is -2.96. The van der Waals surface area contributed by atoms with Crippen molar-refractivity contribution in [1.29, 1.82) is 10.5 Å². The number of rotatable bonds is 3. The van der Waals surface area contributed by atoms with Crippen LogP contribution in [0, 0.1) is 28.8 Å². The first-order valence-corrected chi connectivity index (χ1v) is 6.15. The summed E-state index contributed by atoms with van der Waals surface area (Å²) in [6, 6.07) is 8.50. The largest absolute Gasteiger partial charge is 0.485 e. The van der Waals surface area contributed by atoms with Gasteiger partial charge in [-0.2, -0.15) is 15.1 Å². The number of nitriles is 2. The molecule has 1 radical (unpaired) electrons. The Balaban J connectivity index is 2.69. The zero-order valence-corrected chi connectivity index (χ0v) is 11.2. The Labute approximate surface area is 121 Å². The molecule has 1 aliphatic rings. The number of ether oxygens (including phenoxy) is 1. The van der Waals surface area contributed by atoms with Gasteiger partial charge in [-0.05, 0) is 6.92 Å². The van der Waals surface area contributed by atoms with Gasteiger partial charge in [-0.25, -0.2) is 0 Å². The topological polar surface area (TPSA) is 98.0 Å². The van der Waals surface area contributed by atoms with E-state index in [0.717, 1.165) is 0 Å². The van der Waals surface area contributed by atoms with Gasteiger partial charge in [0, 0.05) is 12.1 Å². The Morgan fingerprint density at radius 2 is 1.81 bits per heavy atom. The summed E-state index contributed by atoms with van der Waals surface area (Å²) in [5.41, 5.74) is -0.714. The maximum Gasteiger partial charge on any atom is 0.274 e. The number of carbonyl (C=O) groups excluding carboxylic acids is 1. The molecule has 1 aromatic heterocycles. The third-order valence-electron chi connectivity index (χ3n) is 2.85. The zero-order chi connectivity index (χ0) is 15.4. The fourth-order valence-corrected chi connectivity index (χ4v) is 1.96. The highest BCUT2D eigenvalue weighted by Crippen LogP contribution is 2.32. The predicted octanol–water partition coefficient (Wildman–Crippen LogP) is 1.01. The SMILES string of the molecule is CCOC1=C([n+]2ccccc2)[C](O)C(C#N)=C(C#N)C1=O. The standard InChI is InChI=1S/C15H11N3O3/c1-2-21-15-12(18-6-4-3-5-7-18)13(19)10(8-16)11(9-17)14(15)20/h3-7,19H,2H2,1H3/q+1. The highest BCUT2D eigenvalue weighted by atomic mass is 16.5. The Bertz CT molecular complexity index is 721. The van der Waals surface area contributed by atoms with E-state index in [9.17, 15) is 9.90 Å². The molecule has 2 rings (SSSR count). The van der Waals surface area contributed by atoms with Crippen LogP contribution in [0.15, 0.2) is 47.5 Å². The highest BCUT2D eigenvalue weighted by molar-refractivity contribution is 6.16. The number of allylic oxidation sites excluding steroid dienone is 1. The number of pyridine rings is 1. The maximum atomic E-state index is 12.3. The van der Waals surface area contributed by atoms with Gasteiger partial charge in [0.1, 0.15) is 17.7 Å². The Kier molecular flexibility index (Phi) is 4.13. The number of carbonyl (C=O) groups is 1. The van der Waals surface area contributed by atoms with Crippen molar-refractivity contribution in [3.63, 3.8) is 0 Å². The van der Waals surface area contributed by atoms with Gasteiger partial charge in [-0.3, -0.25) is 4.79 Å². The second kappa shape index (κ2) is 6.00. The van der Waals surface area contributed by atoms with Gasteiger partial charge in [0.15, 0.2) is 12.4 Å². The molecule has 0 saturated carbocycles. The van der Waals surface area contributed by atoms with Crippen molar-refractivity contribution in [1.82, 2.24) is 0 Å². The van der Waals surface area contributed by atoms with Crippen molar-refractivity contribution in [2.75, 3.05) is 6.61 Å². The van der Waals surface area contributed by atoms with Crippen molar-refractivity contribution in [2.45, 2.75) is 6.92 Å². The summed E-state index contributed by atoms with van der Waals surface area (Å²) in [6.07, 6.45) is 2.75. The van der Waals surface area contributed by atoms with Gasteiger partial charge in [-0.1, -0.05) is 6.07 Å². The first-order chi connectivity index (χ1) is 10.2. The smallest absolute Gasteiger partial charge is 0.274 e. The number of nitrogens with zero attached hydrogens (tertiary/aromatic N) is 3. The van der Waals surface area contributed by atoms with Crippen LogP contribution in [0.4, 0.5) is 0 Å². The van der Waals surface area contributed by atoms with Crippen molar-refractivity contribution in [3.8, 4) is 12.1 Å². The highest BCUT2D eigenvalue weighted by Gasteiger charge is 2.43. The molecule has 0 aliphatic heterocycles. The number of aromatic nitrogens is 1. The van der Waals surface area contributed by atoms with Gasteiger partial charge in [0.2, 0.25) is 17.6 Å². The van der Waals surface area contributed by atoms with E-state index in [-0.39, 0.29) is 23.6 Å². The van der Waals surface area contributed by atoms with Crippen LogP contribution in [0.3, 0.4) is 0 Å². The average molecular weight is 281 g/mol. The molecule has 1 aromatic rings. The quantitative estimate of drug-likeness (QED) is 0.834. The van der Waals surface area contributed by atoms with E-state index >= 15 is 0 Å². The van der Waals surface area contributed by atoms with Crippen LogP contribution in [-0.4, -0.2) is 17.5 Å². The van der Waals surface area contributed by atoms with E-state index in [2.05, 4.69) is 0 Å². The van der Waals surface area contributed by atoms with Crippen LogP contribution >= 0.6 is 0 Å². The van der Waals surface area contributed by atoms with Crippen LogP contribution < -0.4 is 4.57 Å². The first-order valence-electron chi connectivity index (χ1n) is 6.15. The summed E-state index contributed by atoms with van der Waals surface area (Å²) in [5.74, 6) is -0.859. The lowest BCUT2D eigenvalue weighted by Crippen LogP contribution is -2.40. The average Bonchev–Trinajstić information content (AvgIpc) is 2.51. The van der Waals surface area contributed by atoms with Crippen molar-refractivity contribution >= 4 is 11.5 Å². The molecule has 0 atom stereocenters. The molecule has 0 fully saturated rings. The van der Waals surface area contributed by atoms with Crippen LogP contribution in [-0.2, 0) is 9.53 Å². The van der Waals surface area contributed by atoms with Gasteiger partial charge in [-0.15, -0.1) is 0 Å². The lowest BCUT2D eigenvalue weighted by atomic mass is 9.91. The minimum absolute atomic E-state index is 0.0537. The third-order valence-corrected chi connectivity index (χ3v) is 2.85. The zero-order valence-electron chi connectivity index (χ0n) is 11.2. The fourth-order valence-electron chi connectivity index (χ4n) is 1.96. The van der Waals surface area contributed by atoms with Gasteiger partial charge in [0.25, 0.3) is 5.70 Å². The lowest BCUT2D eigenvalue weighted by molar-refractivity contribution is -0.584. The summed E-state index contributed by atoms with van der Waals surface area (Å²) >= 11 is 0. The summed E-state index contributed by atoms with van der Waals surface area (Å²) < 4.78 is 6.75. The number of hydrogen-bond donors (Lipinski definition) is 1. The van der Waals surface area contributed by atoms with E-state index in [4.69, 9.17) is 15.3 Å². The number of ketones is 1. The first kappa shape index (κ1) is 14.4. The van der Waals surface area contributed by atoms with E-state index in [1.807, 2.05) is 0 Å². The molecule has 0 unspecified atom stereocenters. The second-order valence-corrected chi connectivity index (χ2v) is 4.04. The molecular formula is C15H11N3O3+. The Morgan fingerprint density at radius 3 is 2.33 bits per heavy atom. The van der Waals surface area contributed by atoms with Gasteiger partial charge in [0.05, 0.1) is 12.2 Å². The molecule has 0 saturated heterocycles. The van der Waals surface area contributed by atoms with Crippen LogP contribution in [0.5, 0.6) is 0 Å². The maximum absolute atomic E-state index is 12.3. The van der Waals surface area contributed by atoms with Gasteiger partial charge >= 0.3 is 0 Å². The number of aliphatic hydroxyl groups excluding tert-OH is 1. The van der Waals surface area contributed by atoms with Crippen molar-refractivity contribution in [3.05, 3.63) is 53.6 Å². The second-order valence-electron chi connectivity index (χ2n) is 4.04. The van der Waals surface area contributed by atoms with Crippen LogP contribution in [0.1, 0.15) is 6.92 Å². The third kappa shape index (κ3) is 2.40. The minimum Gasteiger partial charge on any atom is -0.485 e. The lowest BCUT2D eigenvalue weighted by Gasteiger charge is -2.18. The van der Waals surface area contributed by atoms with Gasteiger partial charge < -0.3 is 9.84 Å². The van der Waals surface area contributed by atoms with Crippen molar-refractivity contribution in [2.24, 2.45) is 0 Å². The molecule has 0 aromatic carbocycles. The molecule has 1 heterocycles. The molecule has 0 amide bonds. The molecule has 1 aliphatic carbocycles. The minimum atomic E-state index is -0.708. The number of Topliss-reactive ketones (excluding diaryl/α,β-unsaturated/α-hetero) is 1. The van der Waals surface area contributed by atoms with E-state index < -0.39 is 17.5 Å². The fraction of sp³-hybridized carbons (Fsp3) is 0.133. The summed E-state index contributed by atoms with van der Waals surface area (Å²) in [7, 11) is 0. The molecule has 103 valence electrons.